The van der Waals surface area contributed by atoms with Crippen molar-refractivity contribution in [3.63, 3.8) is 0 Å². The van der Waals surface area contributed by atoms with Gasteiger partial charge in [-0.05, 0) is 32.9 Å². The Morgan fingerprint density at radius 1 is 1.12 bits per heavy atom. The van der Waals surface area contributed by atoms with Gasteiger partial charge in [0, 0.05) is 11.3 Å². The summed E-state index contributed by atoms with van der Waals surface area (Å²) < 4.78 is 5.63. The molecule has 0 spiro atoms. The molecule has 88 valence electrons. The minimum absolute atomic E-state index is 0.410. The summed E-state index contributed by atoms with van der Waals surface area (Å²) in [7, 11) is 0. The van der Waals surface area contributed by atoms with Crippen LogP contribution in [0.5, 0.6) is 11.6 Å². The van der Waals surface area contributed by atoms with Gasteiger partial charge < -0.3 is 4.74 Å². The Balaban J connectivity index is 2.32. The van der Waals surface area contributed by atoms with E-state index in [0.717, 1.165) is 11.3 Å². The number of hydrogen-bond donors (Lipinski definition) is 0. The van der Waals surface area contributed by atoms with Gasteiger partial charge in [-0.1, -0.05) is 11.6 Å². The Morgan fingerprint density at radius 3 is 2.53 bits per heavy atom. The Labute approximate surface area is 105 Å². The third kappa shape index (κ3) is 2.71. The van der Waals surface area contributed by atoms with Gasteiger partial charge in [0.15, 0.2) is 0 Å². The lowest BCUT2D eigenvalue weighted by Gasteiger charge is -2.08. The van der Waals surface area contributed by atoms with Crippen LogP contribution in [0.25, 0.3) is 0 Å². The highest BCUT2D eigenvalue weighted by Gasteiger charge is 2.09. The molecule has 0 saturated heterocycles. The molecule has 0 atom stereocenters. The number of pyridine rings is 1. The molecule has 0 unspecified atom stereocenters. The summed E-state index contributed by atoms with van der Waals surface area (Å²) >= 11 is 5.96. The summed E-state index contributed by atoms with van der Waals surface area (Å²) in [5.74, 6) is 1.68. The molecule has 2 rings (SSSR count). The van der Waals surface area contributed by atoms with E-state index >= 15 is 0 Å². The molecule has 0 radical (unpaired) electrons. The van der Waals surface area contributed by atoms with E-state index in [4.69, 9.17) is 16.3 Å². The molecule has 0 bridgehead atoms. The molecule has 0 saturated carbocycles. The second-order valence-corrected chi connectivity index (χ2v) is 4.09. The first-order valence-corrected chi connectivity index (χ1v) is 5.55. The van der Waals surface area contributed by atoms with Crippen LogP contribution in [0.3, 0.4) is 0 Å². The monoisotopic (exact) mass is 249 g/mol. The lowest BCUT2D eigenvalue weighted by molar-refractivity contribution is 0.453. The average Bonchev–Trinajstić information content (AvgIpc) is 2.28. The first-order chi connectivity index (χ1) is 8.06. The van der Waals surface area contributed by atoms with E-state index in [2.05, 4.69) is 15.0 Å². The van der Waals surface area contributed by atoms with Crippen LogP contribution in [-0.4, -0.2) is 15.0 Å². The Kier molecular flexibility index (Phi) is 3.24. The van der Waals surface area contributed by atoms with Gasteiger partial charge in [0.05, 0.1) is 6.20 Å². The molecular formula is C12H12ClN3O. The highest BCUT2D eigenvalue weighted by Crippen LogP contribution is 2.26. The van der Waals surface area contributed by atoms with Gasteiger partial charge in [0.1, 0.15) is 16.7 Å². The Hall–Kier alpha value is -1.68. The van der Waals surface area contributed by atoms with Gasteiger partial charge in [-0.15, -0.1) is 0 Å². The molecule has 5 heteroatoms. The topological polar surface area (TPSA) is 47.9 Å². The van der Waals surface area contributed by atoms with Crippen LogP contribution >= 0.6 is 11.6 Å². The predicted molar refractivity (Wildman–Crippen MR) is 65.6 cm³/mol. The van der Waals surface area contributed by atoms with Crippen molar-refractivity contribution in [3.05, 3.63) is 40.6 Å². The van der Waals surface area contributed by atoms with Crippen LogP contribution in [0.2, 0.25) is 5.15 Å². The normalized spacial score (nSPS) is 10.4. The largest absolute Gasteiger partial charge is 0.437 e. The van der Waals surface area contributed by atoms with Crippen LogP contribution < -0.4 is 4.74 Å². The van der Waals surface area contributed by atoms with Crippen molar-refractivity contribution >= 4 is 11.6 Å². The maximum absolute atomic E-state index is 5.96. The minimum atomic E-state index is 0.410. The molecule has 0 fully saturated rings. The summed E-state index contributed by atoms with van der Waals surface area (Å²) in [6.45, 7) is 5.50. The fourth-order valence-electron chi connectivity index (χ4n) is 1.30. The zero-order chi connectivity index (χ0) is 12.4. The van der Waals surface area contributed by atoms with E-state index in [1.165, 1.54) is 0 Å². The number of aryl methyl sites for hydroxylation is 2. The second kappa shape index (κ2) is 4.67. The number of aromatic nitrogens is 3. The number of ether oxygens (including phenoxy) is 1. The zero-order valence-corrected chi connectivity index (χ0v) is 10.6. The van der Waals surface area contributed by atoms with Crippen molar-refractivity contribution in [2.45, 2.75) is 20.8 Å². The Morgan fingerprint density at radius 2 is 1.88 bits per heavy atom. The highest BCUT2D eigenvalue weighted by atomic mass is 35.5. The fraction of sp³-hybridized carbons (Fsp3) is 0.250. The number of hydrogen-bond acceptors (Lipinski definition) is 4. The zero-order valence-electron chi connectivity index (χ0n) is 9.86. The first-order valence-electron chi connectivity index (χ1n) is 5.17. The van der Waals surface area contributed by atoms with E-state index < -0.39 is 0 Å². The molecule has 0 aromatic carbocycles. The van der Waals surface area contributed by atoms with Gasteiger partial charge in [-0.3, -0.25) is 4.98 Å². The standard InChI is InChI=1S/C12H12ClN3O/c1-7-4-5-10(6-14-7)17-12-8(2)11(13)15-9(3)16-12/h4-6H,1-3H3. The SMILES string of the molecule is Cc1ccc(Oc2nc(C)nc(Cl)c2C)cn1. The summed E-state index contributed by atoms with van der Waals surface area (Å²) in [5, 5.41) is 0.410. The van der Waals surface area contributed by atoms with E-state index in [1.54, 1.807) is 13.1 Å². The number of halogens is 1. The van der Waals surface area contributed by atoms with Crippen molar-refractivity contribution < 1.29 is 4.74 Å². The van der Waals surface area contributed by atoms with E-state index in [-0.39, 0.29) is 0 Å². The van der Waals surface area contributed by atoms with Crippen molar-refractivity contribution in [2.75, 3.05) is 0 Å². The third-order valence-corrected chi connectivity index (χ3v) is 2.62. The highest BCUT2D eigenvalue weighted by molar-refractivity contribution is 6.30. The number of rotatable bonds is 2. The summed E-state index contributed by atoms with van der Waals surface area (Å²) in [5.41, 5.74) is 1.66. The predicted octanol–water partition coefficient (Wildman–Crippen LogP) is 3.24. The lowest BCUT2D eigenvalue weighted by atomic mass is 10.3. The molecule has 0 N–H and O–H groups in total. The first kappa shape index (κ1) is 11.8. The molecule has 0 aliphatic carbocycles. The van der Waals surface area contributed by atoms with Crippen molar-refractivity contribution in [1.29, 1.82) is 0 Å². The van der Waals surface area contributed by atoms with Gasteiger partial charge in [0.25, 0.3) is 0 Å². The molecular weight excluding hydrogens is 238 g/mol. The summed E-state index contributed by atoms with van der Waals surface area (Å²) in [6.07, 6.45) is 1.65. The van der Waals surface area contributed by atoms with Gasteiger partial charge in [-0.2, -0.15) is 4.98 Å². The maximum Gasteiger partial charge on any atom is 0.227 e. The van der Waals surface area contributed by atoms with Gasteiger partial charge >= 0.3 is 0 Å². The molecule has 2 aromatic heterocycles. The van der Waals surface area contributed by atoms with E-state index in [9.17, 15) is 0 Å². The summed E-state index contributed by atoms with van der Waals surface area (Å²) in [6, 6.07) is 3.72. The van der Waals surface area contributed by atoms with Crippen molar-refractivity contribution in [3.8, 4) is 11.6 Å². The maximum atomic E-state index is 5.96. The molecule has 2 heterocycles. The quantitative estimate of drug-likeness (QED) is 0.767. The lowest BCUT2D eigenvalue weighted by Crippen LogP contribution is -1.97. The minimum Gasteiger partial charge on any atom is -0.437 e. The molecule has 4 nitrogen and oxygen atoms in total. The van der Waals surface area contributed by atoms with Crippen LogP contribution in [0.1, 0.15) is 17.1 Å². The van der Waals surface area contributed by atoms with E-state index in [0.29, 0.717) is 22.6 Å². The molecule has 2 aromatic rings. The average molecular weight is 250 g/mol. The van der Waals surface area contributed by atoms with Crippen LogP contribution in [0.15, 0.2) is 18.3 Å². The third-order valence-electron chi connectivity index (χ3n) is 2.25. The molecule has 0 amide bonds. The van der Waals surface area contributed by atoms with Gasteiger partial charge in [0.2, 0.25) is 5.88 Å². The van der Waals surface area contributed by atoms with Crippen molar-refractivity contribution in [2.24, 2.45) is 0 Å². The van der Waals surface area contributed by atoms with Crippen LogP contribution in [-0.2, 0) is 0 Å². The second-order valence-electron chi connectivity index (χ2n) is 3.73. The van der Waals surface area contributed by atoms with Crippen molar-refractivity contribution in [1.82, 2.24) is 15.0 Å². The smallest absolute Gasteiger partial charge is 0.227 e. The molecule has 17 heavy (non-hydrogen) atoms. The van der Waals surface area contributed by atoms with Crippen LogP contribution in [0.4, 0.5) is 0 Å². The summed E-state index contributed by atoms with van der Waals surface area (Å²) in [4.78, 5) is 12.4. The fourth-order valence-corrected chi connectivity index (χ4v) is 1.50. The van der Waals surface area contributed by atoms with Crippen LogP contribution in [0, 0.1) is 20.8 Å². The number of nitrogens with zero attached hydrogens (tertiary/aromatic N) is 3. The molecule has 0 aliphatic rings. The van der Waals surface area contributed by atoms with Gasteiger partial charge in [-0.25, -0.2) is 4.98 Å². The Bertz CT molecular complexity index is 540. The van der Waals surface area contributed by atoms with E-state index in [1.807, 2.05) is 26.0 Å². The molecule has 0 aliphatic heterocycles.